The predicted molar refractivity (Wildman–Crippen MR) is 116 cm³/mol. The van der Waals surface area contributed by atoms with Gasteiger partial charge < -0.3 is 29.7 Å². The smallest absolute Gasteiger partial charge is 0.339 e. The van der Waals surface area contributed by atoms with E-state index in [0.717, 1.165) is 0 Å². The Hall–Kier alpha value is -4.08. The van der Waals surface area contributed by atoms with E-state index in [0.29, 0.717) is 37.2 Å². The number of nitrogens with one attached hydrogen (secondary N) is 2. The van der Waals surface area contributed by atoms with Crippen molar-refractivity contribution in [3.8, 4) is 5.75 Å². The van der Waals surface area contributed by atoms with E-state index in [1.807, 2.05) is 0 Å². The van der Waals surface area contributed by atoms with Crippen molar-refractivity contribution in [2.45, 2.75) is 18.6 Å². The number of esters is 2. The quantitative estimate of drug-likeness (QED) is 0.684. The Labute approximate surface area is 189 Å². The third-order valence-corrected chi connectivity index (χ3v) is 5.72. The van der Waals surface area contributed by atoms with Crippen molar-refractivity contribution < 1.29 is 33.4 Å². The van der Waals surface area contributed by atoms with Crippen molar-refractivity contribution in [3.05, 3.63) is 59.2 Å². The molecule has 3 amide bonds. The van der Waals surface area contributed by atoms with Crippen LogP contribution in [0, 0.1) is 0 Å². The lowest BCUT2D eigenvalue weighted by Gasteiger charge is -2.44. The molecular weight excluding hydrogens is 430 g/mol. The van der Waals surface area contributed by atoms with E-state index in [1.54, 1.807) is 29.2 Å². The molecule has 1 spiro atoms. The van der Waals surface area contributed by atoms with Gasteiger partial charge in [-0.15, -0.1) is 0 Å². The standard InChI is InChI=1S/C23H23N3O7/c1-31-20(28)14-7-8-15(21(29)32-2)17(13-14)24-22(30)26-11-9-23(10-12-26)25-19(27)16-5-3-4-6-18(16)33-23/h3-8,13H,9-12H2,1-2H3,(H,24,30)(H,25,27). The highest BCUT2D eigenvalue weighted by Gasteiger charge is 2.43. The fourth-order valence-electron chi connectivity index (χ4n) is 3.93. The summed E-state index contributed by atoms with van der Waals surface area (Å²) in [6.45, 7) is 0.608. The molecule has 0 atom stereocenters. The number of piperidine rings is 1. The highest BCUT2D eigenvalue weighted by Crippen LogP contribution is 2.33. The van der Waals surface area contributed by atoms with Gasteiger partial charge >= 0.3 is 18.0 Å². The first-order valence-electron chi connectivity index (χ1n) is 10.3. The Morgan fingerprint density at radius 3 is 2.42 bits per heavy atom. The summed E-state index contributed by atoms with van der Waals surface area (Å²) in [6, 6.07) is 10.7. The van der Waals surface area contributed by atoms with Crippen LogP contribution in [0.15, 0.2) is 42.5 Å². The number of carbonyl (C=O) groups excluding carboxylic acids is 4. The van der Waals surface area contributed by atoms with Gasteiger partial charge in [0.05, 0.1) is 36.6 Å². The number of rotatable bonds is 3. The molecule has 1 fully saturated rings. The maximum Gasteiger partial charge on any atom is 0.339 e. The summed E-state index contributed by atoms with van der Waals surface area (Å²) in [7, 11) is 2.46. The van der Waals surface area contributed by atoms with Crippen molar-refractivity contribution >= 4 is 29.6 Å². The summed E-state index contributed by atoms with van der Waals surface area (Å²) >= 11 is 0. The maximum absolute atomic E-state index is 12.9. The summed E-state index contributed by atoms with van der Waals surface area (Å²) < 4.78 is 15.6. The average Bonchev–Trinajstić information content (AvgIpc) is 2.83. The molecule has 0 unspecified atom stereocenters. The minimum absolute atomic E-state index is 0.103. The molecule has 2 aromatic carbocycles. The van der Waals surface area contributed by atoms with E-state index in [-0.39, 0.29) is 22.7 Å². The number of carbonyl (C=O) groups is 4. The predicted octanol–water partition coefficient (Wildman–Crippen LogP) is 2.41. The van der Waals surface area contributed by atoms with Crippen LogP contribution in [0.3, 0.4) is 0 Å². The number of fused-ring (bicyclic) bond motifs is 1. The van der Waals surface area contributed by atoms with Gasteiger partial charge in [0.2, 0.25) is 0 Å². The Bertz CT molecular complexity index is 1120. The molecule has 1 saturated heterocycles. The van der Waals surface area contributed by atoms with Gasteiger partial charge in [0, 0.05) is 25.9 Å². The summed E-state index contributed by atoms with van der Waals surface area (Å²) in [5.41, 5.74) is 0.00121. The van der Waals surface area contributed by atoms with Crippen molar-refractivity contribution in [1.82, 2.24) is 10.2 Å². The minimum Gasteiger partial charge on any atom is -0.467 e. The third kappa shape index (κ3) is 4.32. The Kier molecular flexibility index (Phi) is 5.91. The average molecular weight is 453 g/mol. The van der Waals surface area contributed by atoms with E-state index in [2.05, 4.69) is 10.6 Å². The summed E-state index contributed by atoms with van der Waals surface area (Å²) in [5.74, 6) is -0.956. The number of ether oxygens (including phenoxy) is 3. The fourth-order valence-corrected chi connectivity index (χ4v) is 3.93. The minimum atomic E-state index is -0.885. The number of hydrogen-bond acceptors (Lipinski definition) is 7. The lowest BCUT2D eigenvalue weighted by molar-refractivity contribution is -0.0203. The van der Waals surface area contributed by atoms with E-state index in [4.69, 9.17) is 14.2 Å². The fraction of sp³-hybridized carbons (Fsp3) is 0.304. The molecule has 2 aromatic rings. The van der Waals surface area contributed by atoms with Crippen LogP contribution in [0.4, 0.5) is 10.5 Å². The topological polar surface area (TPSA) is 123 Å². The molecule has 10 nitrogen and oxygen atoms in total. The molecule has 0 aromatic heterocycles. The third-order valence-electron chi connectivity index (χ3n) is 5.72. The number of hydrogen-bond donors (Lipinski definition) is 2. The van der Waals surface area contributed by atoms with Crippen molar-refractivity contribution in [2.75, 3.05) is 32.6 Å². The van der Waals surface area contributed by atoms with Crippen molar-refractivity contribution in [2.24, 2.45) is 0 Å². The van der Waals surface area contributed by atoms with Crippen LogP contribution in [-0.4, -0.2) is 61.8 Å². The zero-order valence-corrected chi connectivity index (χ0v) is 18.2. The number of anilines is 1. The van der Waals surface area contributed by atoms with Crippen LogP contribution in [0.1, 0.15) is 43.9 Å². The number of amides is 3. The highest BCUT2D eigenvalue weighted by molar-refractivity contribution is 6.03. The van der Waals surface area contributed by atoms with Gasteiger partial charge in [-0.3, -0.25) is 4.79 Å². The van der Waals surface area contributed by atoms with E-state index < -0.39 is 23.7 Å². The Balaban J connectivity index is 1.47. The van der Waals surface area contributed by atoms with Crippen molar-refractivity contribution in [3.63, 3.8) is 0 Å². The molecule has 172 valence electrons. The number of likely N-dealkylation sites (tertiary alicyclic amines) is 1. The lowest BCUT2D eigenvalue weighted by atomic mass is 9.97. The molecule has 0 bridgehead atoms. The van der Waals surface area contributed by atoms with Crippen LogP contribution in [0.25, 0.3) is 0 Å². The summed E-state index contributed by atoms with van der Waals surface area (Å²) in [5, 5.41) is 5.60. The van der Waals surface area contributed by atoms with Gasteiger partial charge in [-0.25, -0.2) is 14.4 Å². The van der Waals surface area contributed by atoms with Gasteiger partial charge in [-0.2, -0.15) is 0 Å². The molecule has 2 heterocycles. The first-order valence-corrected chi connectivity index (χ1v) is 10.3. The van der Waals surface area contributed by atoms with Crippen LogP contribution in [0.5, 0.6) is 5.75 Å². The molecule has 2 N–H and O–H groups in total. The van der Waals surface area contributed by atoms with Gasteiger partial charge in [0.25, 0.3) is 5.91 Å². The van der Waals surface area contributed by atoms with Gasteiger partial charge in [-0.05, 0) is 30.3 Å². The molecule has 0 radical (unpaired) electrons. The monoisotopic (exact) mass is 453 g/mol. The molecule has 10 heteroatoms. The van der Waals surface area contributed by atoms with Gasteiger partial charge in [0.1, 0.15) is 5.75 Å². The number of benzene rings is 2. The SMILES string of the molecule is COC(=O)c1ccc(C(=O)OC)c(NC(=O)N2CCC3(CC2)NC(=O)c2ccccc2O3)c1. The number of para-hydroxylation sites is 1. The zero-order chi connectivity index (χ0) is 23.6. The van der Waals surface area contributed by atoms with Crippen LogP contribution in [-0.2, 0) is 9.47 Å². The van der Waals surface area contributed by atoms with Crippen molar-refractivity contribution in [1.29, 1.82) is 0 Å². The van der Waals surface area contributed by atoms with Gasteiger partial charge in [0.15, 0.2) is 5.72 Å². The number of urea groups is 1. The Morgan fingerprint density at radius 1 is 1.03 bits per heavy atom. The second kappa shape index (κ2) is 8.81. The van der Waals surface area contributed by atoms with E-state index in [9.17, 15) is 19.2 Å². The van der Waals surface area contributed by atoms with E-state index in [1.165, 1.54) is 32.4 Å². The molecule has 4 rings (SSSR count). The first kappa shape index (κ1) is 22.1. The molecule has 33 heavy (non-hydrogen) atoms. The maximum atomic E-state index is 12.9. The number of nitrogens with zero attached hydrogens (tertiary/aromatic N) is 1. The van der Waals surface area contributed by atoms with Crippen LogP contribution < -0.4 is 15.4 Å². The molecule has 2 aliphatic rings. The Morgan fingerprint density at radius 2 is 1.73 bits per heavy atom. The number of methoxy groups -OCH3 is 2. The molecular formula is C23H23N3O7. The summed E-state index contributed by atoms with van der Waals surface area (Å²) in [6.07, 6.45) is 0.763. The van der Waals surface area contributed by atoms with Gasteiger partial charge in [-0.1, -0.05) is 12.1 Å². The second-order valence-corrected chi connectivity index (χ2v) is 7.71. The summed E-state index contributed by atoms with van der Waals surface area (Å²) in [4.78, 5) is 51.0. The molecule has 0 aliphatic carbocycles. The second-order valence-electron chi connectivity index (χ2n) is 7.71. The van der Waals surface area contributed by atoms with E-state index >= 15 is 0 Å². The molecule has 0 saturated carbocycles. The lowest BCUT2D eigenvalue weighted by Crippen LogP contribution is -2.61. The van der Waals surface area contributed by atoms with Crippen LogP contribution >= 0.6 is 0 Å². The normalized spacial score (nSPS) is 16.2. The van der Waals surface area contributed by atoms with Crippen LogP contribution in [0.2, 0.25) is 0 Å². The highest BCUT2D eigenvalue weighted by atomic mass is 16.5. The largest absolute Gasteiger partial charge is 0.467 e. The first-order chi connectivity index (χ1) is 15.9. The molecule has 2 aliphatic heterocycles. The zero-order valence-electron chi connectivity index (χ0n) is 18.2.